The molecule has 0 spiro atoms. The second-order valence-corrected chi connectivity index (χ2v) is 4.95. The first kappa shape index (κ1) is 14.9. The van der Waals surface area contributed by atoms with E-state index in [1.165, 1.54) is 5.56 Å². The molecule has 1 atom stereocenters. The largest absolute Gasteiger partial charge is 0.497 e. The number of methoxy groups -OCH3 is 1. The number of hydrogen-bond donors (Lipinski definition) is 2. The van der Waals surface area contributed by atoms with Gasteiger partial charge in [0, 0.05) is 11.4 Å². The van der Waals surface area contributed by atoms with E-state index in [1.54, 1.807) is 7.11 Å². The van der Waals surface area contributed by atoms with Gasteiger partial charge in [-0.05, 0) is 50.2 Å². The Labute approximate surface area is 125 Å². The highest BCUT2D eigenvalue weighted by molar-refractivity contribution is 5.96. The number of aryl methyl sites for hydroxylation is 1. The van der Waals surface area contributed by atoms with E-state index < -0.39 is 0 Å². The van der Waals surface area contributed by atoms with Crippen molar-refractivity contribution in [1.29, 1.82) is 0 Å². The fourth-order valence-electron chi connectivity index (χ4n) is 1.89. The first-order valence-corrected chi connectivity index (χ1v) is 6.86. The van der Waals surface area contributed by atoms with Gasteiger partial charge < -0.3 is 15.4 Å². The van der Waals surface area contributed by atoms with Crippen molar-refractivity contribution in [3.05, 3.63) is 54.1 Å². The highest BCUT2D eigenvalue weighted by Gasteiger charge is 2.12. The molecule has 2 aromatic rings. The summed E-state index contributed by atoms with van der Waals surface area (Å²) < 4.78 is 5.09. The Balaban J connectivity index is 1.93. The van der Waals surface area contributed by atoms with Gasteiger partial charge >= 0.3 is 0 Å². The number of carbonyl (C=O) groups is 1. The third kappa shape index (κ3) is 4.24. The molecule has 110 valence electrons. The molecule has 2 rings (SSSR count). The number of anilines is 2. The summed E-state index contributed by atoms with van der Waals surface area (Å²) in [4.78, 5) is 12.1. The maximum atomic E-state index is 12.1. The molecule has 2 N–H and O–H groups in total. The average molecular weight is 284 g/mol. The molecule has 4 nitrogen and oxygen atoms in total. The van der Waals surface area contributed by atoms with E-state index >= 15 is 0 Å². The average Bonchev–Trinajstić information content (AvgIpc) is 2.50. The van der Waals surface area contributed by atoms with Gasteiger partial charge in [-0.15, -0.1) is 0 Å². The summed E-state index contributed by atoms with van der Waals surface area (Å²) in [6.45, 7) is 3.86. The van der Waals surface area contributed by atoms with Crippen molar-refractivity contribution in [2.45, 2.75) is 19.9 Å². The normalized spacial score (nSPS) is 11.6. The van der Waals surface area contributed by atoms with Gasteiger partial charge in [0.15, 0.2) is 0 Å². The summed E-state index contributed by atoms with van der Waals surface area (Å²) in [6, 6.07) is 14.9. The molecule has 0 unspecified atom stereocenters. The van der Waals surface area contributed by atoms with Crippen LogP contribution in [0.25, 0.3) is 0 Å². The second-order valence-electron chi connectivity index (χ2n) is 4.95. The Hall–Kier alpha value is -2.49. The molecule has 0 aromatic heterocycles. The Morgan fingerprint density at radius 2 is 1.57 bits per heavy atom. The minimum atomic E-state index is -0.324. The molecule has 0 bridgehead atoms. The van der Waals surface area contributed by atoms with Crippen molar-refractivity contribution in [2.24, 2.45) is 0 Å². The Morgan fingerprint density at radius 3 is 2.14 bits per heavy atom. The number of amides is 1. The summed E-state index contributed by atoms with van der Waals surface area (Å²) in [5.74, 6) is 0.680. The second kappa shape index (κ2) is 6.79. The summed E-state index contributed by atoms with van der Waals surface area (Å²) in [5, 5.41) is 6.04. The molecule has 0 aliphatic carbocycles. The molecule has 21 heavy (non-hydrogen) atoms. The zero-order chi connectivity index (χ0) is 15.2. The predicted octanol–water partition coefficient (Wildman–Crippen LogP) is 3.44. The number of benzene rings is 2. The van der Waals surface area contributed by atoms with Crippen molar-refractivity contribution in [1.82, 2.24) is 0 Å². The van der Waals surface area contributed by atoms with Crippen molar-refractivity contribution in [2.75, 3.05) is 17.7 Å². The molecule has 0 fully saturated rings. The molecule has 0 saturated heterocycles. The third-order valence-electron chi connectivity index (χ3n) is 3.19. The Kier molecular flexibility index (Phi) is 4.82. The third-order valence-corrected chi connectivity index (χ3v) is 3.19. The Bertz CT molecular complexity index is 591. The van der Waals surface area contributed by atoms with Gasteiger partial charge in [-0.3, -0.25) is 4.79 Å². The minimum Gasteiger partial charge on any atom is -0.497 e. The highest BCUT2D eigenvalue weighted by Crippen LogP contribution is 2.16. The van der Waals surface area contributed by atoms with Gasteiger partial charge in [0.25, 0.3) is 0 Å². The van der Waals surface area contributed by atoms with Crippen molar-refractivity contribution < 1.29 is 9.53 Å². The lowest BCUT2D eigenvalue weighted by molar-refractivity contribution is -0.116. The van der Waals surface area contributed by atoms with E-state index in [4.69, 9.17) is 4.74 Å². The standard InChI is InChI=1S/C17H20N2O2/c1-12-4-6-14(7-5-12)18-13(2)17(20)19-15-8-10-16(21-3)11-9-15/h4-11,13,18H,1-3H3,(H,19,20)/t13-/m1/s1. The zero-order valence-corrected chi connectivity index (χ0v) is 12.5. The molecule has 0 saturated carbocycles. The van der Waals surface area contributed by atoms with E-state index in [0.717, 1.165) is 17.1 Å². The van der Waals surface area contributed by atoms with Crippen molar-refractivity contribution in [3.63, 3.8) is 0 Å². The molecule has 4 heteroatoms. The van der Waals surface area contributed by atoms with Gasteiger partial charge in [-0.2, -0.15) is 0 Å². The highest BCUT2D eigenvalue weighted by atomic mass is 16.5. The van der Waals surface area contributed by atoms with E-state index in [-0.39, 0.29) is 11.9 Å². The summed E-state index contributed by atoms with van der Waals surface area (Å²) >= 11 is 0. The summed E-state index contributed by atoms with van der Waals surface area (Å²) in [7, 11) is 1.61. The van der Waals surface area contributed by atoms with Crippen molar-refractivity contribution >= 4 is 17.3 Å². The van der Waals surface area contributed by atoms with E-state index in [9.17, 15) is 4.79 Å². The molecule has 0 aliphatic heterocycles. The smallest absolute Gasteiger partial charge is 0.246 e. The van der Waals surface area contributed by atoms with Crippen LogP contribution in [0.2, 0.25) is 0 Å². The van der Waals surface area contributed by atoms with Crippen LogP contribution in [0.5, 0.6) is 5.75 Å². The van der Waals surface area contributed by atoms with Gasteiger partial charge in [0.2, 0.25) is 5.91 Å². The SMILES string of the molecule is COc1ccc(NC(=O)[C@@H](C)Nc2ccc(C)cc2)cc1. The van der Waals surface area contributed by atoms with Crippen LogP contribution in [0.1, 0.15) is 12.5 Å². The van der Waals surface area contributed by atoms with Crippen LogP contribution < -0.4 is 15.4 Å². The maximum Gasteiger partial charge on any atom is 0.246 e. The summed E-state index contributed by atoms with van der Waals surface area (Å²) in [5.41, 5.74) is 2.87. The van der Waals surface area contributed by atoms with Crippen LogP contribution in [-0.2, 0) is 4.79 Å². The number of ether oxygens (including phenoxy) is 1. The topological polar surface area (TPSA) is 50.4 Å². The molecule has 2 aromatic carbocycles. The van der Waals surface area contributed by atoms with Gasteiger partial charge in [-0.1, -0.05) is 17.7 Å². The maximum absolute atomic E-state index is 12.1. The Morgan fingerprint density at radius 1 is 1.00 bits per heavy atom. The number of hydrogen-bond acceptors (Lipinski definition) is 3. The number of rotatable bonds is 5. The van der Waals surface area contributed by atoms with Crippen molar-refractivity contribution in [3.8, 4) is 5.75 Å². The zero-order valence-electron chi connectivity index (χ0n) is 12.5. The van der Waals surface area contributed by atoms with E-state index in [0.29, 0.717) is 0 Å². The predicted molar refractivity (Wildman–Crippen MR) is 85.9 cm³/mol. The van der Waals surface area contributed by atoms with Gasteiger partial charge in [0.05, 0.1) is 7.11 Å². The van der Waals surface area contributed by atoms with Gasteiger partial charge in [0.1, 0.15) is 11.8 Å². The molecular formula is C17H20N2O2. The first-order chi connectivity index (χ1) is 10.1. The van der Waals surface area contributed by atoms with Crippen LogP contribution in [0, 0.1) is 6.92 Å². The molecule has 1 amide bonds. The van der Waals surface area contributed by atoms with Gasteiger partial charge in [-0.25, -0.2) is 0 Å². The summed E-state index contributed by atoms with van der Waals surface area (Å²) in [6.07, 6.45) is 0. The first-order valence-electron chi connectivity index (χ1n) is 6.86. The molecular weight excluding hydrogens is 264 g/mol. The van der Waals surface area contributed by atoms with Crippen LogP contribution >= 0.6 is 0 Å². The molecule has 0 aliphatic rings. The number of nitrogens with one attached hydrogen (secondary N) is 2. The molecule has 0 radical (unpaired) electrons. The quantitative estimate of drug-likeness (QED) is 0.884. The lowest BCUT2D eigenvalue weighted by atomic mass is 10.2. The van der Waals surface area contributed by atoms with E-state index in [2.05, 4.69) is 10.6 Å². The van der Waals surface area contributed by atoms with Crippen LogP contribution in [0.4, 0.5) is 11.4 Å². The molecule has 0 heterocycles. The lowest BCUT2D eigenvalue weighted by Crippen LogP contribution is -2.31. The fourth-order valence-corrected chi connectivity index (χ4v) is 1.89. The number of carbonyl (C=O) groups excluding carboxylic acids is 1. The fraction of sp³-hybridized carbons (Fsp3) is 0.235. The van der Waals surface area contributed by atoms with Crippen LogP contribution in [0.3, 0.4) is 0 Å². The monoisotopic (exact) mass is 284 g/mol. The lowest BCUT2D eigenvalue weighted by Gasteiger charge is -2.15. The van der Waals surface area contributed by atoms with Crippen LogP contribution in [0.15, 0.2) is 48.5 Å². The van der Waals surface area contributed by atoms with Crippen LogP contribution in [-0.4, -0.2) is 19.1 Å². The van der Waals surface area contributed by atoms with E-state index in [1.807, 2.05) is 62.4 Å². The minimum absolute atomic E-state index is 0.0826.